The van der Waals surface area contributed by atoms with Gasteiger partial charge in [-0.3, -0.25) is 4.79 Å². The van der Waals surface area contributed by atoms with Crippen molar-refractivity contribution in [1.29, 1.82) is 0 Å². The first-order chi connectivity index (χ1) is 6.25. The summed E-state index contributed by atoms with van der Waals surface area (Å²) in [6, 6.07) is 0. The Kier molecular flexibility index (Phi) is 4.39. The first-order valence-electron chi connectivity index (χ1n) is 5.11. The molecule has 3 nitrogen and oxygen atoms in total. The van der Waals surface area contributed by atoms with Crippen LogP contribution in [0.25, 0.3) is 0 Å². The Labute approximate surface area is 79.8 Å². The van der Waals surface area contributed by atoms with Crippen molar-refractivity contribution in [2.75, 3.05) is 19.7 Å². The summed E-state index contributed by atoms with van der Waals surface area (Å²) in [4.78, 5) is 11.7. The third-order valence-corrected chi connectivity index (χ3v) is 2.45. The molecule has 0 aromatic carbocycles. The van der Waals surface area contributed by atoms with Crippen molar-refractivity contribution in [2.45, 2.75) is 32.8 Å². The normalized spacial score (nSPS) is 25.5. The standard InChI is InChI=1S/C10H19NO2/c1-3-4-8(2)10(12)9-7-11-5-6-13-9/h8-9,11H,3-7H2,1-2H3. The lowest BCUT2D eigenvalue weighted by molar-refractivity contribution is -0.135. The van der Waals surface area contributed by atoms with Gasteiger partial charge < -0.3 is 10.1 Å². The number of hydrogen-bond donors (Lipinski definition) is 1. The molecule has 0 spiro atoms. The maximum absolute atomic E-state index is 11.7. The van der Waals surface area contributed by atoms with Gasteiger partial charge in [0.15, 0.2) is 5.78 Å². The molecule has 13 heavy (non-hydrogen) atoms. The van der Waals surface area contributed by atoms with Crippen molar-refractivity contribution in [2.24, 2.45) is 5.92 Å². The molecule has 0 aromatic heterocycles. The van der Waals surface area contributed by atoms with E-state index >= 15 is 0 Å². The van der Waals surface area contributed by atoms with Gasteiger partial charge in [-0.05, 0) is 6.42 Å². The van der Waals surface area contributed by atoms with Gasteiger partial charge in [0.1, 0.15) is 6.10 Å². The smallest absolute Gasteiger partial charge is 0.165 e. The second kappa shape index (κ2) is 5.35. The second-order valence-electron chi connectivity index (χ2n) is 3.66. The molecule has 1 aliphatic heterocycles. The molecule has 2 unspecified atom stereocenters. The van der Waals surface area contributed by atoms with Gasteiger partial charge in [0.2, 0.25) is 0 Å². The number of nitrogens with one attached hydrogen (secondary N) is 1. The van der Waals surface area contributed by atoms with E-state index in [2.05, 4.69) is 12.2 Å². The van der Waals surface area contributed by atoms with Crippen LogP contribution in [0.3, 0.4) is 0 Å². The van der Waals surface area contributed by atoms with E-state index in [1.807, 2.05) is 6.92 Å². The van der Waals surface area contributed by atoms with Crippen LogP contribution in [0.2, 0.25) is 0 Å². The Morgan fingerprint density at radius 2 is 2.46 bits per heavy atom. The molecule has 0 saturated carbocycles. The molecule has 0 amide bonds. The van der Waals surface area contributed by atoms with Crippen molar-refractivity contribution >= 4 is 5.78 Å². The third kappa shape index (κ3) is 3.08. The molecule has 76 valence electrons. The first-order valence-corrected chi connectivity index (χ1v) is 5.11. The molecule has 3 heteroatoms. The Morgan fingerprint density at radius 3 is 3.00 bits per heavy atom. The van der Waals surface area contributed by atoms with Gasteiger partial charge in [-0.2, -0.15) is 0 Å². The molecule has 0 aliphatic carbocycles. The van der Waals surface area contributed by atoms with Crippen LogP contribution in [-0.4, -0.2) is 31.6 Å². The van der Waals surface area contributed by atoms with E-state index in [9.17, 15) is 4.79 Å². The molecule has 1 heterocycles. The van der Waals surface area contributed by atoms with E-state index in [-0.39, 0.29) is 17.8 Å². The summed E-state index contributed by atoms with van der Waals surface area (Å²) in [5.41, 5.74) is 0. The third-order valence-electron chi connectivity index (χ3n) is 2.45. The fourth-order valence-electron chi connectivity index (χ4n) is 1.64. The summed E-state index contributed by atoms with van der Waals surface area (Å²) < 4.78 is 5.40. The zero-order valence-electron chi connectivity index (χ0n) is 8.51. The molecule has 0 radical (unpaired) electrons. The topological polar surface area (TPSA) is 38.3 Å². The Bertz CT molecular complexity index is 164. The van der Waals surface area contributed by atoms with Gasteiger partial charge in [0, 0.05) is 19.0 Å². The lowest BCUT2D eigenvalue weighted by Gasteiger charge is -2.24. The molecule has 1 aliphatic rings. The molecular weight excluding hydrogens is 166 g/mol. The molecule has 1 rings (SSSR count). The lowest BCUT2D eigenvalue weighted by Crippen LogP contribution is -2.44. The van der Waals surface area contributed by atoms with E-state index in [0.29, 0.717) is 13.2 Å². The van der Waals surface area contributed by atoms with Crippen molar-refractivity contribution in [3.05, 3.63) is 0 Å². The molecule has 2 atom stereocenters. The predicted octanol–water partition coefficient (Wildman–Crippen LogP) is 0.980. The molecule has 0 aromatic rings. The number of carbonyl (C=O) groups is 1. The summed E-state index contributed by atoms with van der Waals surface area (Å²) in [6.07, 6.45) is 1.83. The van der Waals surface area contributed by atoms with Crippen LogP contribution in [0, 0.1) is 5.92 Å². The summed E-state index contributed by atoms with van der Waals surface area (Å²) >= 11 is 0. The van der Waals surface area contributed by atoms with Crippen molar-refractivity contribution in [1.82, 2.24) is 5.32 Å². The number of hydrogen-bond acceptors (Lipinski definition) is 3. The highest BCUT2D eigenvalue weighted by Crippen LogP contribution is 2.11. The number of carbonyl (C=O) groups excluding carboxylic acids is 1. The number of morpholine rings is 1. The summed E-state index contributed by atoms with van der Waals surface area (Å²) in [5.74, 6) is 0.406. The maximum Gasteiger partial charge on any atom is 0.165 e. The minimum absolute atomic E-state index is 0.148. The average molecular weight is 185 g/mol. The van der Waals surface area contributed by atoms with E-state index in [1.54, 1.807) is 0 Å². The lowest BCUT2D eigenvalue weighted by atomic mass is 9.96. The average Bonchev–Trinajstić information content (AvgIpc) is 2.18. The van der Waals surface area contributed by atoms with Crippen LogP contribution in [0.15, 0.2) is 0 Å². The van der Waals surface area contributed by atoms with Crippen LogP contribution in [0.1, 0.15) is 26.7 Å². The Morgan fingerprint density at radius 1 is 1.69 bits per heavy atom. The fourth-order valence-corrected chi connectivity index (χ4v) is 1.64. The van der Waals surface area contributed by atoms with Crippen LogP contribution < -0.4 is 5.32 Å². The molecule has 0 bridgehead atoms. The van der Waals surface area contributed by atoms with E-state index in [1.165, 1.54) is 0 Å². The highest BCUT2D eigenvalue weighted by Gasteiger charge is 2.25. The van der Waals surface area contributed by atoms with Crippen molar-refractivity contribution < 1.29 is 9.53 Å². The first kappa shape index (κ1) is 10.7. The van der Waals surface area contributed by atoms with E-state index < -0.39 is 0 Å². The predicted molar refractivity (Wildman–Crippen MR) is 51.7 cm³/mol. The number of ether oxygens (including phenoxy) is 1. The Hall–Kier alpha value is -0.410. The van der Waals surface area contributed by atoms with Crippen molar-refractivity contribution in [3.63, 3.8) is 0 Å². The SMILES string of the molecule is CCCC(C)C(=O)C1CNCCO1. The minimum Gasteiger partial charge on any atom is -0.368 e. The largest absolute Gasteiger partial charge is 0.368 e. The zero-order chi connectivity index (χ0) is 9.68. The summed E-state index contributed by atoms with van der Waals surface area (Å²) in [7, 11) is 0. The van der Waals surface area contributed by atoms with Gasteiger partial charge in [0.05, 0.1) is 6.61 Å². The van der Waals surface area contributed by atoms with Crippen LogP contribution >= 0.6 is 0 Å². The van der Waals surface area contributed by atoms with Crippen molar-refractivity contribution in [3.8, 4) is 0 Å². The quantitative estimate of drug-likeness (QED) is 0.709. The number of Topliss-reactive ketones (excluding diaryl/α,β-unsaturated/α-hetero) is 1. The van der Waals surface area contributed by atoms with Gasteiger partial charge in [-0.25, -0.2) is 0 Å². The zero-order valence-corrected chi connectivity index (χ0v) is 8.51. The maximum atomic E-state index is 11.7. The Balaban J connectivity index is 2.36. The highest BCUT2D eigenvalue weighted by atomic mass is 16.5. The molecule has 1 fully saturated rings. The van der Waals surface area contributed by atoms with Crippen LogP contribution in [-0.2, 0) is 9.53 Å². The van der Waals surface area contributed by atoms with E-state index in [4.69, 9.17) is 4.74 Å². The van der Waals surface area contributed by atoms with Gasteiger partial charge >= 0.3 is 0 Å². The fraction of sp³-hybridized carbons (Fsp3) is 0.900. The van der Waals surface area contributed by atoms with E-state index in [0.717, 1.165) is 19.4 Å². The minimum atomic E-state index is -0.199. The monoisotopic (exact) mass is 185 g/mol. The van der Waals surface area contributed by atoms with Crippen LogP contribution in [0.5, 0.6) is 0 Å². The second-order valence-corrected chi connectivity index (χ2v) is 3.66. The molecular formula is C10H19NO2. The van der Waals surface area contributed by atoms with Gasteiger partial charge in [-0.15, -0.1) is 0 Å². The van der Waals surface area contributed by atoms with Gasteiger partial charge in [0.25, 0.3) is 0 Å². The number of rotatable bonds is 4. The van der Waals surface area contributed by atoms with Crippen LogP contribution in [0.4, 0.5) is 0 Å². The summed E-state index contributed by atoms with van der Waals surface area (Å²) in [5, 5.41) is 3.17. The number of ketones is 1. The molecule has 1 saturated heterocycles. The summed E-state index contributed by atoms with van der Waals surface area (Å²) in [6.45, 7) is 6.31. The molecule has 1 N–H and O–H groups in total. The highest BCUT2D eigenvalue weighted by molar-refractivity contribution is 5.85. The van der Waals surface area contributed by atoms with Gasteiger partial charge in [-0.1, -0.05) is 20.3 Å².